The Morgan fingerprint density at radius 1 is 1.41 bits per heavy atom. The standard InChI is InChI=1S/C12H15BrN2OS/c1-9(16)5-6-10-11(13)14-12(17-10)15-7-3-2-4-8-15/h5-6H,2-4,7-8H2,1H3. The lowest BCUT2D eigenvalue weighted by Crippen LogP contribution is -2.29. The SMILES string of the molecule is CC(=O)C=Cc1sc(N2CCCCC2)nc1Br. The fraction of sp³-hybridized carbons (Fsp3) is 0.500. The Morgan fingerprint density at radius 3 is 2.76 bits per heavy atom. The van der Waals surface area contributed by atoms with Crippen LogP contribution in [0.1, 0.15) is 31.1 Å². The van der Waals surface area contributed by atoms with Crippen LogP contribution in [0.5, 0.6) is 0 Å². The van der Waals surface area contributed by atoms with Crippen molar-refractivity contribution in [2.45, 2.75) is 26.2 Å². The lowest BCUT2D eigenvalue weighted by molar-refractivity contribution is -0.112. The minimum absolute atomic E-state index is 0.0600. The van der Waals surface area contributed by atoms with E-state index in [1.165, 1.54) is 19.3 Å². The molecular formula is C12H15BrN2OS. The first-order valence-electron chi connectivity index (χ1n) is 5.77. The summed E-state index contributed by atoms with van der Waals surface area (Å²) in [5.41, 5.74) is 0. The van der Waals surface area contributed by atoms with E-state index in [2.05, 4.69) is 25.8 Å². The number of aromatic nitrogens is 1. The molecule has 2 heterocycles. The molecule has 1 aliphatic heterocycles. The molecule has 0 unspecified atom stereocenters. The number of carbonyl (C=O) groups excluding carboxylic acids is 1. The van der Waals surface area contributed by atoms with Gasteiger partial charge >= 0.3 is 0 Å². The predicted octanol–water partition coefficient (Wildman–Crippen LogP) is 3.50. The molecule has 1 aromatic heterocycles. The highest BCUT2D eigenvalue weighted by Gasteiger charge is 2.16. The number of allylic oxidation sites excluding steroid dienone is 1. The number of anilines is 1. The van der Waals surface area contributed by atoms with Gasteiger partial charge in [0.25, 0.3) is 0 Å². The minimum Gasteiger partial charge on any atom is -0.348 e. The molecule has 0 aromatic carbocycles. The third-order valence-corrected chi connectivity index (χ3v) is 4.64. The number of halogens is 1. The first-order valence-corrected chi connectivity index (χ1v) is 7.37. The molecule has 2 rings (SSSR count). The van der Waals surface area contributed by atoms with Gasteiger partial charge in [-0.3, -0.25) is 4.79 Å². The van der Waals surface area contributed by atoms with Gasteiger partial charge in [0.15, 0.2) is 10.9 Å². The fourth-order valence-electron chi connectivity index (χ4n) is 1.82. The summed E-state index contributed by atoms with van der Waals surface area (Å²) in [7, 11) is 0. The third-order valence-electron chi connectivity index (χ3n) is 2.69. The Labute approximate surface area is 114 Å². The highest BCUT2D eigenvalue weighted by atomic mass is 79.9. The number of nitrogens with zero attached hydrogens (tertiary/aromatic N) is 2. The lowest BCUT2D eigenvalue weighted by atomic mass is 10.1. The smallest absolute Gasteiger partial charge is 0.186 e. The molecule has 0 bridgehead atoms. The normalized spacial score (nSPS) is 16.7. The van der Waals surface area contributed by atoms with E-state index in [1.807, 2.05) is 6.08 Å². The van der Waals surface area contributed by atoms with Crippen LogP contribution in [0.25, 0.3) is 6.08 Å². The van der Waals surface area contributed by atoms with E-state index in [4.69, 9.17) is 0 Å². The summed E-state index contributed by atoms with van der Waals surface area (Å²) in [6, 6.07) is 0. The van der Waals surface area contributed by atoms with E-state index in [0.717, 1.165) is 27.7 Å². The molecule has 92 valence electrons. The number of carbonyl (C=O) groups is 1. The molecule has 0 radical (unpaired) electrons. The van der Waals surface area contributed by atoms with Crippen LogP contribution >= 0.6 is 27.3 Å². The molecule has 1 aliphatic rings. The van der Waals surface area contributed by atoms with Crippen molar-refractivity contribution in [3.8, 4) is 0 Å². The topological polar surface area (TPSA) is 33.2 Å². The van der Waals surface area contributed by atoms with Crippen LogP contribution in [0.15, 0.2) is 10.7 Å². The van der Waals surface area contributed by atoms with Gasteiger partial charge in [0, 0.05) is 13.1 Å². The second-order valence-corrected chi connectivity index (χ2v) is 5.90. The van der Waals surface area contributed by atoms with Crippen molar-refractivity contribution >= 4 is 44.3 Å². The maximum atomic E-state index is 10.9. The van der Waals surface area contributed by atoms with Crippen LogP contribution in [-0.4, -0.2) is 23.9 Å². The summed E-state index contributed by atoms with van der Waals surface area (Å²) in [5, 5.41) is 1.06. The van der Waals surface area contributed by atoms with Gasteiger partial charge in [0.1, 0.15) is 4.60 Å². The van der Waals surface area contributed by atoms with Crippen molar-refractivity contribution in [3.63, 3.8) is 0 Å². The first-order chi connectivity index (χ1) is 8.16. The van der Waals surface area contributed by atoms with Gasteiger partial charge in [0.2, 0.25) is 0 Å². The van der Waals surface area contributed by atoms with Crippen molar-refractivity contribution in [2.75, 3.05) is 18.0 Å². The molecular weight excluding hydrogens is 300 g/mol. The van der Waals surface area contributed by atoms with Crippen molar-refractivity contribution in [2.24, 2.45) is 0 Å². The Hall–Kier alpha value is -0.680. The van der Waals surface area contributed by atoms with Crippen LogP contribution in [0, 0.1) is 0 Å². The highest BCUT2D eigenvalue weighted by Crippen LogP contribution is 2.32. The number of hydrogen-bond acceptors (Lipinski definition) is 4. The summed E-state index contributed by atoms with van der Waals surface area (Å²) in [4.78, 5) is 18.8. The molecule has 0 N–H and O–H groups in total. The summed E-state index contributed by atoms with van der Waals surface area (Å²) in [6.07, 6.45) is 7.22. The van der Waals surface area contributed by atoms with Crippen molar-refractivity contribution < 1.29 is 4.79 Å². The van der Waals surface area contributed by atoms with E-state index in [9.17, 15) is 4.79 Å². The van der Waals surface area contributed by atoms with E-state index in [1.54, 1.807) is 24.3 Å². The quantitative estimate of drug-likeness (QED) is 0.801. The van der Waals surface area contributed by atoms with Gasteiger partial charge in [-0.05, 0) is 54.3 Å². The van der Waals surface area contributed by atoms with E-state index >= 15 is 0 Å². The van der Waals surface area contributed by atoms with E-state index in [0.29, 0.717) is 0 Å². The molecule has 1 aromatic rings. The van der Waals surface area contributed by atoms with E-state index < -0.39 is 0 Å². The maximum absolute atomic E-state index is 10.9. The summed E-state index contributed by atoms with van der Waals surface area (Å²) in [5.74, 6) is 0.0600. The molecule has 0 spiro atoms. The molecule has 0 amide bonds. The number of rotatable bonds is 3. The van der Waals surface area contributed by atoms with Gasteiger partial charge in [0.05, 0.1) is 4.88 Å². The molecule has 3 nitrogen and oxygen atoms in total. The summed E-state index contributed by atoms with van der Waals surface area (Å²) >= 11 is 5.08. The van der Waals surface area contributed by atoms with Gasteiger partial charge in [-0.1, -0.05) is 11.3 Å². The second kappa shape index (κ2) is 5.78. The van der Waals surface area contributed by atoms with Crippen LogP contribution in [0.2, 0.25) is 0 Å². The number of ketones is 1. The average Bonchev–Trinajstić information content (AvgIpc) is 2.69. The number of hydrogen-bond donors (Lipinski definition) is 0. The molecule has 5 heteroatoms. The second-order valence-electron chi connectivity index (χ2n) is 4.14. The molecule has 0 aliphatic carbocycles. The largest absolute Gasteiger partial charge is 0.348 e. The minimum atomic E-state index is 0.0600. The van der Waals surface area contributed by atoms with Gasteiger partial charge in [-0.2, -0.15) is 0 Å². The average molecular weight is 315 g/mol. The van der Waals surface area contributed by atoms with Crippen molar-refractivity contribution in [1.29, 1.82) is 0 Å². The van der Waals surface area contributed by atoms with Gasteiger partial charge < -0.3 is 4.90 Å². The molecule has 1 saturated heterocycles. The third kappa shape index (κ3) is 3.39. The fourth-order valence-corrected chi connectivity index (χ4v) is 3.39. The Balaban J connectivity index is 2.14. The molecule has 0 saturated carbocycles. The van der Waals surface area contributed by atoms with Crippen LogP contribution < -0.4 is 4.90 Å². The van der Waals surface area contributed by atoms with Crippen LogP contribution in [-0.2, 0) is 4.79 Å². The predicted molar refractivity (Wildman–Crippen MR) is 75.6 cm³/mol. The maximum Gasteiger partial charge on any atom is 0.186 e. The summed E-state index contributed by atoms with van der Waals surface area (Å²) in [6.45, 7) is 3.74. The number of thiazole rings is 1. The van der Waals surface area contributed by atoms with E-state index in [-0.39, 0.29) is 5.78 Å². The Kier molecular flexibility index (Phi) is 4.34. The first kappa shape index (κ1) is 12.8. The molecule has 0 atom stereocenters. The molecule has 1 fully saturated rings. The van der Waals surface area contributed by atoms with Crippen LogP contribution in [0.4, 0.5) is 5.13 Å². The Morgan fingerprint density at radius 2 is 2.12 bits per heavy atom. The van der Waals surface area contributed by atoms with Gasteiger partial charge in [-0.15, -0.1) is 0 Å². The Bertz CT molecular complexity index is 436. The monoisotopic (exact) mass is 314 g/mol. The number of piperidine rings is 1. The zero-order valence-corrected chi connectivity index (χ0v) is 12.2. The zero-order chi connectivity index (χ0) is 12.3. The lowest BCUT2D eigenvalue weighted by Gasteiger charge is -2.25. The summed E-state index contributed by atoms with van der Waals surface area (Å²) < 4.78 is 0.834. The molecule has 17 heavy (non-hydrogen) atoms. The van der Waals surface area contributed by atoms with Crippen molar-refractivity contribution in [3.05, 3.63) is 15.6 Å². The highest BCUT2D eigenvalue weighted by molar-refractivity contribution is 9.10. The zero-order valence-electron chi connectivity index (χ0n) is 9.78. The van der Waals surface area contributed by atoms with Crippen LogP contribution in [0.3, 0.4) is 0 Å². The van der Waals surface area contributed by atoms with Gasteiger partial charge in [-0.25, -0.2) is 4.98 Å². The van der Waals surface area contributed by atoms with Crippen molar-refractivity contribution in [1.82, 2.24) is 4.98 Å².